The first kappa shape index (κ1) is 44.2. The lowest BCUT2D eigenvalue weighted by Crippen LogP contribution is -2.40. The van der Waals surface area contributed by atoms with E-state index < -0.39 is 5.41 Å². The predicted molar refractivity (Wildman–Crippen MR) is 329 cm³/mol. The zero-order valence-electron chi connectivity index (χ0n) is 43.8. The van der Waals surface area contributed by atoms with Crippen molar-refractivity contribution in [3.63, 3.8) is 0 Å². The molecule has 2 aromatic heterocycles. The van der Waals surface area contributed by atoms with Crippen LogP contribution in [-0.4, -0.2) is 9.13 Å². The molecular formula is C76H51N3. The van der Waals surface area contributed by atoms with Crippen molar-refractivity contribution in [2.45, 2.75) is 24.7 Å². The topological polar surface area (TPSA) is 13.1 Å². The summed E-state index contributed by atoms with van der Waals surface area (Å²) in [5, 5.41) is 4.91. The standard InChI is InChI=1S/C76H51N3/c1-75(2)60-30-12-14-32-62(60)76(63-33-15-13-31-61(63)75)64-34-21-29-57-56-28-11-18-37-68(56)79-69-43-40-52(47-59(69)58-41-42-65(76)73(72(57)64)74(58)79)77(53-45-50(48-22-5-3-6-23-48)44-51(46-53)49-24-7-4-8-25-49)70-38-19-20-39-71(70)78-66-35-16-9-26-54(66)55-27-10-17-36-67(55)78/h3-47H,1-2H3. The second-order valence-electron chi connectivity index (χ2n) is 22.3. The Labute approximate surface area is 459 Å². The van der Waals surface area contributed by atoms with Crippen LogP contribution in [0.5, 0.6) is 0 Å². The van der Waals surface area contributed by atoms with Crippen LogP contribution >= 0.6 is 0 Å². The smallest absolute Gasteiger partial charge is 0.0720 e. The van der Waals surface area contributed by atoms with E-state index in [9.17, 15) is 0 Å². The lowest BCUT2D eigenvalue weighted by Gasteiger charge is -2.46. The summed E-state index contributed by atoms with van der Waals surface area (Å²) in [6, 6.07) is 103. The van der Waals surface area contributed by atoms with Crippen LogP contribution in [0.25, 0.3) is 99.5 Å². The fourth-order valence-corrected chi connectivity index (χ4v) is 14.8. The van der Waals surface area contributed by atoms with Crippen molar-refractivity contribution >= 4 is 60.7 Å². The third-order valence-corrected chi connectivity index (χ3v) is 18.1. The first-order chi connectivity index (χ1) is 39.0. The van der Waals surface area contributed by atoms with Gasteiger partial charge in [-0.1, -0.05) is 220 Å². The zero-order valence-corrected chi connectivity index (χ0v) is 43.8. The number of rotatable bonds is 6. The minimum atomic E-state index is -0.524. The molecule has 3 heterocycles. The van der Waals surface area contributed by atoms with Gasteiger partial charge in [-0.15, -0.1) is 0 Å². The number of aromatic nitrogens is 2. The molecule has 0 atom stereocenters. The number of hydrogen-bond donors (Lipinski definition) is 0. The first-order valence-corrected chi connectivity index (χ1v) is 27.7. The monoisotopic (exact) mass is 1010 g/mol. The van der Waals surface area contributed by atoms with Gasteiger partial charge in [-0.3, -0.25) is 0 Å². The van der Waals surface area contributed by atoms with Gasteiger partial charge in [-0.05, 0) is 133 Å². The van der Waals surface area contributed by atoms with Gasteiger partial charge in [-0.2, -0.15) is 0 Å². The molecule has 12 aromatic carbocycles. The third-order valence-electron chi connectivity index (χ3n) is 18.1. The molecular weight excluding hydrogens is 955 g/mol. The summed E-state index contributed by atoms with van der Waals surface area (Å²) in [7, 11) is 0. The molecule has 0 N–H and O–H groups in total. The lowest BCUT2D eigenvalue weighted by molar-refractivity contribution is 0.563. The maximum absolute atomic E-state index is 2.61. The summed E-state index contributed by atoms with van der Waals surface area (Å²) in [6.45, 7) is 4.82. The van der Waals surface area contributed by atoms with E-state index in [2.05, 4.69) is 301 Å². The Morgan fingerprint density at radius 2 is 0.823 bits per heavy atom. The zero-order chi connectivity index (χ0) is 52.1. The molecule has 3 nitrogen and oxygen atoms in total. The first-order valence-electron chi connectivity index (χ1n) is 27.7. The summed E-state index contributed by atoms with van der Waals surface area (Å²) in [6.07, 6.45) is 0. The van der Waals surface area contributed by atoms with E-state index in [-0.39, 0.29) is 5.41 Å². The van der Waals surface area contributed by atoms with Crippen molar-refractivity contribution < 1.29 is 0 Å². The molecule has 3 heteroatoms. The van der Waals surface area contributed by atoms with E-state index in [1.54, 1.807) is 0 Å². The highest BCUT2D eigenvalue weighted by atomic mass is 15.2. The quantitative estimate of drug-likeness (QED) is 0.162. The van der Waals surface area contributed by atoms with E-state index in [4.69, 9.17) is 0 Å². The summed E-state index contributed by atoms with van der Waals surface area (Å²) in [5.41, 5.74) is 27.7. The van der Waals surface area contributed by atoms with Crippen molar-refractivity contribution in [3.8, 4) is 55.9 Å². The summed E-state index contributed by atoms with van der Waals surface area (Å²) < 4.78 is 5.08. The molecule has 0 bridgehead atoms. The van der Waals surface area contributed by atoms with Crippen LogP contribution < -0.4 is 4.90 Å². The van der Waals surface area contributed by atoms with Gasteiger partial charge >= 0.3 is 0 Å². The molecule has 0 saturated heterocycles. The molecule has 79 heavy (non-hydrogen) atoms. The molecule has 1 spiro atoms. The molecule has 0 saturated carbocycles. The highest BCUT2D eigenvalue weighted by Crippen LogP contribution is 2.66. The highest BCUT2D eigenvalue weighted by molar-refractivity contribution is 6.20. The SMILES string of the molecule is CC1(C)c2ccccc2C2(c3ccccc31)c1cccc3c1-c1c2ccc2c4cc(N(c5cc(-c6ccccc6)cc(-c6ccccc6)c5)c5ccccc5-n5c6ccccc6c6ccccc65)ccc4n(c12)-c1ccccc1-3. The summed E-state index contributed by atoms with van der Waals surface area (Å²) in [5.74, 6) is 0. The third kappa shape index (κ3) is 5.91. The van der Waals surface area contributed by atoms with Crippen molar-refractivity contribution in [2.24, 2.45) is 0 Å². The average Bonchev–Trinajstić information content (AvgIpc) is 2.50. The van der Waals surface area contributed by atoms with Gasteiger partial charge in [0.2, 0.25) is 0 Å². The predicted octanol–water partition coefficient (Wildman–Crippen LogP) is 19.7. The molecule has 370 valence electrons. The van der Waals surface area contributed by atoms with E-state index >= 15 is 0 Å². The Bertz CT molecular complexity index is 4720. The van der Waals surface area contributed by atoms with Gasteiger partial charge in [0.15, 0.2) is 0 Å². The lowest BCUT2D eigenvalue weighted by atomic mass is 9.55. The Balaban J connectivity index is 0.984. The van der Waals surface area contributed by atoms with Crippen LogP contribution in [0.1, 0.15) is 47.2 Å². The fraction of sp³-hybridized carbons (Fsp3) is 0.0526. The van der Waals surface area contributed by atoms with E-state index in [0.717, 1.165) is 33.9 Å². The Kier molecular flexibility index (Phi) is 9.11. The average molecular weight is 1010 g/mol. The molecule has 0 unspecified atom stereocenters. The largest absolute Gasteiger partial charge is 0.308 e. The fourth-order valence-electron chi connectivity index (χ4n) is 14.8. The molecule has 0 radical (unpaired) electrons. The van der Waals surface area contributed by atoms with Crippen LogP contribution in [0.3, 0.4) is 0 Å². The van der Waals surface area contributed by atoms with Crippen LogP contribution in [0.2, 0.25) is 0 Å². The van der Waals surface area contributed by atoms with E-state index in [1.165, 1.54) is 116 Å². The molecule has 0 fully saturated rings. The van der Waals surface area contributed by atoms with Gasteiger partial charge in [0.05, 0.1) is 44.5 Å². The van der Waals surface area contributed by atoms with Crippen molar-refractivity contribution in [1.82, 2.24) is 9.13 Å². The maximum Gasteiger partial charge on any atom is 0.0720 e. The molecule has 17 rings (SSSR count). The number of para-hydroxylation sites is 5. The van der Waals surface area contributed by atoms with Crippen molar-refractivity contribution in [1.29, 1.82) is 0 Å². The highest BCUT2D eigenvalue weighted by Gasteiger charge is 2.55. The van der Waals surface area contributed by atoms with Gasteiger partial charge in [0.25, 0.3) is 0 Å². The second kappa shape index (κ2) is 16.3. The molecule has 2 aliphatic carbocycles. The molecule has 3 aliphatic rings. The molecule has 0 amide bonds. The molecule has 1 aliphatic heterocycles. The number of anilines is 3. The van der Waals surface area contributed by atoms with Crippen LogP contribution in [0, 0.1) is 0 Å². The minimum Gasteiger partial charge on any atom is -0.308 e. The van der Waals surface area contributed by atoms with Crippen LogP contribution in [0.4, 0.5) is 17.1 Å². The Morgan fingerprint density at radius 3 is 1.49 bits per heavy atom. The summed E-state index contributed by atoms with van der Waals surface area (Å²) >= 11 is 0. The summed E-state index contributed by atoms with van der Waals surface area (Å²) in [4.78, 5) is 2.52. The van der Waals surface area contributed by atoms with Crippen LogP contribution in [-0.2, 0) is 10.8 Å². The van der Waals surface area contributed by atoms with Gasteiger partial charge < -0.3 is 14.0 Å². The van der Waals surface area contributed by atoms with Gasteiger partial charge in [0, 0.05) is 49.5 Å². The second-order valence-corrected chi connectivity index (χ2v) is 22.3. The van der Waals surface area contributed by atoms with Crippen LogP contribution in [0.15, 0.2) is 273 Å². The van der Waals surface area contributed by atoms with Crippen molar-refractivity contribution in [3.05, 3.63) is 306 Å². The van der Waals surface area contributed by atoms with E-state index in [1.807, 2.05) is 0 Å². The number of benzene rings is 12. The normalized spacial score (nSPS) is 13.9. The Hall–Kier alpha value is -9.96. The van der Waals surface area contributed by atoms with Crippen molar-refractivity contribution in [2.75, 3.05) is 4.90 Å². The number of nitrogens with zero attached hydrogens (tertiary/aromatic N) is 3. The minimum absolute atomic E-state index is 0.188. The maximum atomic E-state index is 2.61. The number of fused-ring (bicyclic) bond motifs is 15. The van der Waals surface area contributed by atoms with Gasteiger partial charge in [0.1, 0.15) is 0 Å². The Morgan fingerprint density at radius 1 is 0.304 bits per heavy atom. The van der Waals surface area contributed by atoms with Gasteiger partial charge in [-0.25, -0.2) is 0 Å². The molecule has 14 aromatic rings. The number of hydrogen-bond acceptors (Lipinski definition) is 1. The van der Waals surface area contributed by atoms with E-state index in [0.29, 0.717) is 0 Å².